The highest BCUT2D eigenvalue weighted by Crippen LogP contribution is 2.33. The Bertz CT molecular complexity index is 548. The topological polar surface area (TPSA) is 61.0 Å². The van der Waals surface area contributed by atoms with Gasteiger partial charge in [0.05, 0.1) is 18.9 Å². The van der Waals surface area contributed by atoms with Crippen LogP contribution < -0.4 is 4.90 Å². The van der Waals surface area contributed by atoms with Crippen LogP contribution in [0.1, 0.15) is 18.5 Å². The van der Waals surface area contributed by atoms with Crippen LogP contribution in [0.4, 0.5) is 5.82 Å². The van der Waals surface area contributed by atoms with Gasteiger partial charge < -0.3 is 15.1 Å². The van der Waals surface area contributed by atoms with E-state index < -0.39 is 0 Å². The molecule has 3 rings (SSSR count). The predicted molar refractivity (Wildman–Crippen MR) is 68.6 cm³/mol. The van der Waals surface area contributed by atoms with Gasteiger partial charge in [0.1, 0.15) is 5.65 Å². The minimum Gasteiger partial charge on any atom is -0.395 e. The number of imidazole rings is 1. The van der Waals surface area contributed by atoms with Crippen LogP contribution in [0.15, 0.2) is 24.4 Å². The summed E-state index contributed by atoms with van der Waals surface area (Å²) in [5, 5.41) is 18.7. The average Bonchev–Trinajstić information content (AvgIpc) is 3.16. The van der Waals surface area contributed by atoms with E-state index >= 15 is 0 Å². The first-order valence-electron chi connectivity index (χ1n) is 6.29. The first-order valence-corrected chi connectivity index (χ1v) is 6.29. The number of hydrogen-bond donors (Lipinski definition) is 2. The maximum absolute atomic E-state index is 9.57. The van der Waals surface area contributed by atoms with Gasteiger partial charge in [-0.1, -0.05) is 6.07 Å². The van der Waals surface area contributed by atoms with Crippen molar-refractivity contribution in [2.24, 2.45) is 0 Å². The van der Waals surface area contributed by atoms with Crippen molar-refractivity contribution in [3.8, 4) is 0 Å². The molecule has 0 atom stereocenters. The van der Waals surface area contributed by atoms with Crippen molar-refractivity contribution < 1.29 is 10.2 Å². The Kier molecular flexibility index (Phi) is 2.93. The Labute approximate surface area is 105 Å². The van der Waals surface area contributed by atoms with Crippen LogP contribution in [0.3, 0.4) is 0 Å². The Morgan fingerprint density at radius 1 is 1.33 bits per heavy atom. The van der Waals surface area contributed by atoms with Crippen LogP contribution in [-0.2, 0) is 6.61 Å². The van der Waals surface area contributed by atoms with Crippen molar-refractivity contribution in [2.45, 2.75) is 25.5 Å². The monoisotopic (exact) mass is 247 g/mol. The van der Waals surface area contributed by atoms with E-state index in [1.54, 1.807) is 0 Å². The molecule has 18 heavy (non-hydrogen) atoms. The van der Waals surface area contributed by atoms with Gasteiger partial charge in [-0.25, -0.2) is 4.98 Å². The van der Waals surface area contributed by atoms with Gasteiger partial charge in [-0.2, -0.15) is 0 Å². The van der Waals surface area contributed by atoms with Gasteiger partial charge >= 0.3 is 0 Å². The fourth-order valence-corrected chi connectivity index (χ4v) is 2.37. The molecule has 5 nitrogen and oxygen atoms in total. The molecular formula is C13H17N3O2. The molecule has 1 aliphatic rings. The molecule has 1 aliphatic carbocycles. The van der Waals surface area contributed by atoms with Gasteiger partial charge in [0.25, 0.3) is 0 Å². The molecule has 2 N–H and O–H groups in total. The molecule has 2 aromatic rings. The van der Waals surface area contributed by atoms with Crippen LogP contribution in [0.25, 0.3) is 5.65 Å². The van der Waals surface area contributed by atoms with Crippen molar-refractivity contribution in [1.29, 1.82) is 0 Å². The summed E-state index contributed by atoms with van der Waals surface area (Å²) in [5.74, 6) is 0.806. The minimum absolute atomic E-state index is 0.0465. The summed E-state index contributed by atoms with van der Waals surface area (Å²) in [5.41, 5.74) is 1.63. The molecule has 0 spiro atoms. The Morgan fingerprint density at radius 2 is 2.17 bits per heavy atom. The molecule has 1 saturated carbocycles. The zero-order chi connectivity index (χ0) is 12.5. The molecule has 2 heterocycles. The lowest BCUT2D eigenvalue weighted by Gasteiger charge is -2.22. The highest BCUT2D eigenvalue weighted by molar-refractivity contribution is 5.57. The first-order chi connectivity index (χ1) is 8.85. The second-order valence-corrected chi connectivity index (χ2v) is 4.62. The minimum atomic E-state index is -0.0465. The third-order valence-electron chi connectivity index (χ3n) is 3.36. The summed E-state index contributed by atoms with van der Waals surface area (Å²) >= 11 is 0. The SMILES string of the molecule is OCCN(c1nc2ccccn2c1CO)C1CC1. The number of hydrogen-bond acceptors (Lipinski definition) is 4. The number of aromatic nitrogens is 2. The Morgan fingerprint density at radius 3 is 2.83 bits per heavy atom. The van der Waals surface area contributed by atoms with Crippen molar-refractivity contribution in [1.82, 2.24) is 9.38 Å². The normalized spacial score (nSPS) is 15.2. The Hall–Kier alpha value is -1.59. The van der Waals surface area contributed by atoms with Crippen molar-refractivity contribution in [2.75, 3.05) is 18.1 Å². The molecule has 0 unspecified atom stereocenters. The lowest BCUT2D eigenvalue weighted by molar-refractivity contribution is 0.274. The van der Waals surface area contributed by atoms with Gasteiger partial charge in [-0.3, -0.25) is 4.40 Å². The van der Waals surface area contributed by atoms with E-state index in [1.165, 1.54) is 0 Å². The zero-order valence-corrected chi connectivity index (χ0v) is 10.2. The molecule has 0 radical (unpaired) electrons. The highest BCUT2D eigenvalue weighted by Gasteiger charge is 2.32. The fourth-order valence-electron chi connectivity index (χ4n) is 2.37. The fraction of sp³-hybridized carbons (Fsp3) is 0.462. The number of aliphatic hydroxyl groups is 2. The average molecular weight is 247 g/mol. The summed E-state index contributed by atoms with van der Waals surface area (Å²) in [4.78, 5) is 6.69. The van der Waals surface area contributed by atoms with E-state index in [9.17, 15) is 10.2 Å². The maximum atomic E-state index is 9.57. The second-order valence-electron chi connectivity index (χ2n) is 4.62. The summed E-state index contributed by atoms with van der Waals surface area (Å²) in [7, 11) is 0. The summed E-state index contributed by atoms with van der Waals surface area (Å²) in [6.07, 6.45) is 4.18. The van der Waals surface area contributed by atoms with Crippen LogP contribution in [0, 0.1) is 0 Å². The lowest BCUT2D eigenvalue weighted by Crippen LogP contribution is -2.30. The summed E-state index contributed by atoms with van der Waals surface area (Å²) in [6, 6.07) is 6.24. The molecule has 1 fully saturated rings. The number of pyridine rings is 1. The van der Waals surface area contributed by atoms with Crippen molar-refractivity contribution in [3.05, 3.63) is 30.1 Å². The lowest BCUT2D eigenvalue weighted by atomic mass is 10.3. The van der Waals surface area contributed by atoms with E-state index in [4.69, 9.17) is 0 Å². The van der Waals surface area contributed by atoms with E-state index in [0.29, 0.717) is 12.6 Å². The molecule has 0 amide bonds. The predicted octanol–water partition coefficient (Wildman–Crippen LogP) is 0.788. The summed E-state index contributed by atoms with van der Waals surface area (Å²) < 4.78 is 1.90. The van der Waals surface area contributed by atoms with Crippen LogP contribution in [0.5, 0.6) is 0 Å². The molecule has 0 aromatic carbocycles. The van der Waals surface area contributed by atoms with Gasteiger partial charge in [0.2, 0.25) is 0 Å². The molecule has 0 bridgehead atoms. The van der Waals surface area contributed by atoms with E-state index in [0.717, 1.165) is 30.0 Å². The number of fused-ring (bicyclic) bond motifs is 1. The quantitative estimate of drug-likeness (QED) is 0.820. The van der Waals surface area contributed by atoms with Gasteiger partial charge in [-0.15, -0.1) is 0 Å². The molecular weight excluding hydrogens is 230 g/mol. The first kappa shape index (κ1) is 11.5. The van der Waals surface area contributed by atoms with Gasteiger partial charge in [0.15, 0.2) is 5.82 Å². The Balaban J connectivity index is 2.08. The zero-order valence-electron chi connectivity index (χ0n) is 10.2. The molecule has 96 valence electrons. The van der Waals surface area contributed by atoms with Crippen LogP contribution >= 0.6 is 0 Å². The standard InChI is InChI=1S/C13H17N3O2/c17-8-7-15(10-4-5-10)13-11(9-18)16-6-2-1-3-12(16)14-13/h1-3,6,10,17-18H,4-5,7-9H2. The van der Waals surface area contributed by atoms with E-state index in [-0.39, 0.29) is 13.2 Å². The highest BCUT2D eigenvalue weighted by atomic mass is 16.3. The van der Waals surface area contributed by atoms with Gasteiger partial charge in [0, 0.05) is 18.8 Å². The maximum Gasteiger partial charge on any atom is 0.153 e. The number of nitrogens with zero attached hydrogens (tertiary/aromatic N) is 3. The van der Waals surface area contributed by atoms with Crippen molar-refractivity contribution >= 4 is 11.5 Å². The smallest absolute Gasteiger partial charge is 0.153 e. The summed E-state index contributed by atoms with van der Waals surface area (Å²) in [6.45, 7) is 0.631. The van der Waals surface area contributed by atoms with Gasteiger partial charge in [-0.05, 0) is 25.0 Å². The third kappa shape index (κ3) is 1.85. The van der Waals surface area contributed by atoms with E-state index in [1.807, 2.05) is 28.8 Å². The second kappa shape index (κ2) is 4.59. The van der Waals surface area contributed by atoms with E-state index in [2.05, 4.69) is 9.88 Å². The number of rotatable bonds is 5. The molecule has 2 aromatic heterocycles. The van der Waals surface area contributed by atoms with Crippen molar-refractivity contribution in [3.63, 3.8) is 0 Å². The molecule has 0 aliphatic heterocycles. The largest absolute Gasteiger partial charge is 0.395 e. The van der Waals surface area contributed by atoms with Crippen LogP contribution in [-0.4, -0.2) is 38.8 Å². The number of aliphatic hydroxyl groups excluding tert-OH is 2. The van der Waals surface area contributed by atoms with Crippen LogP contribution in [0.2, 0.25) is 0 Å². The number of anilines is 1. The molecule has 5 heteroatoms. The third-order valence-corrected chi connectivity index (χ3v) is 3.36. The molecule has 0 saturated heterocycles.